The van der Waals surface area contributed by atoms with Gasteiger partial charge >= 0.3 is 0 Å². The normalized spacial score (nSPS) is 11.7. The first-order valence-electron chi connectivity index (χ1n) is 9.82. The first-order chi connectivity index (χ1) is 14.8. The van der Waals surface area contributed by atoms with E-state index in [2.05, 4.69) is 11.1 Å². The number of furan rings is 1. The highest BCUT2D eigenvalue weighted by atomic mass is 32.2. The molecule has 0 radical (unpaired) electrons. The standard InChI is InChI=1S/C23H22N2O4S2/c1-16-13-17(2)22-20(14-16)24-23(30-22)25(15-18-7-6-11-29-18)21(26)10-12-31(27,28)19-8-4-3-5-9-19/h3-9,11,13-14H,10,12,15H2,1-2H3. The van der Waals surface area contributed by atoms with Crippen molar-refractivity contribution in [1.29, 1.82) is 0 Å². The molecule has 0 atom stereocenters. The van der Waals surface area contributed by atoms with Gasteiger partial charge in [0.15, 0.2) is 15.0 Å². The minimum Gasteiger partial charge on any atom is -0.467 e. The fraction of sp³-hybridized carbons (Fsp3) is 0.217. The molecule has 2 heterocycles. The van der Waals surface area contributed by atoms with Gasteiger partial charge in [-0.1, -0.05) is 35.6 Å². The molecule has 0 N–H and O–H groups in total. The number of fused-ring (bicyclic) bond motifs is 1. The molecule has 0 saturated heterocycles. The van der Waals surface area contributed by atoms with Crippen LogP contribution in [0.3, 0.4) is 0 Å². The molecule has 4 rings (SSSR count). The molecule has 31 heavy (non-hydrogen) atoms. The third-order valence-corrected chi connectivity index (χ3v) is 7.88. The van der Waals surface area contributed by atoms with Gasteiger partial charge in [0.25, 0.3) is 0 Å². The summed E-state index contributed by atoms with van der Waals surface area (Å²) < 4.78 is 31.7. The van der Waals surface area contributed by atoms with Crippen molar-refractivity contribution >= 4 is 42.4 Å². The quantitative estimate of drug-likeness (QED) is 0.397. The molecule has 0 saturated carbocycles. The molecule has 0 unspecified atom stereocenters. The van der Waals surface area contributed by atoms with Gasteiger partial charge in [-0.05, 0) is 55.3 Å². The Labute approximate surface area is 185 Å². The summed E-state index contributed by atoms with van der Waals surface area (Å²) in [5.41, 5.74) is 3.02. The van der Waals surface area contributed by atoms with Crippen LogP contribution in [0.15, 0.2) is 70.2 Å². The van der Waals surface area contributed by atoms with E-state index in [1.807, 2.05) is 19.9 Å². The van der Waals surface area contributed by atoms with Gasteiger partial charge < -0.3 is 4.42 Å². The number of hydrogen-bond acceptors (Lipinski definition) is 6. The largest absolute Gasteiger partial charge is 0.467 e. The van der Waals surface area contributed by atoms with Crippen molar-refractivity contribution in [3.8, 4) is 0 Å². The summed E-state index contributed by atoms with van der Waals surface area (Å²) in [7, 11) is -3.56. The molecule has 4 aromatic rings. The Hall–Kier alpha value is -2.97. The highest BCUT2D eigenvalue weighted by molar-refractivity contribution is 7.91. The fourth-order valence-electron chi connectivity index (χ4n) is 3.40. The average molecular weight is 455 g/mol. The number of sulfone groups is 1. The number of amides is 1. The number of nitrogens with zero attached hydrogens (tertiary/aromatic N) is 2. The van der Waals surface area contributed by atoms with E-state index in [9.17, 15) is 13.2 Å². The van der Waals surface area contributed by atoms with E-state index in [0.717, 1.165) is 21.3 Å². The minimum atomic E-state index is -3.56. The number of carbonyl (C=O) groups is 1. The van der Waals surface area contributed by atoms with Gasteiger partial charge in [-0.15, -0.1) is 0 Å². The summed E-state index contributed by atoms with van der Waals surface area (Å²) in [5.74, 6) is 0.0174. The zero-order valence-electron chi connectivity index (χ0n) is 17.2. The van der Waals surface area contributed by atoms with Crippen LogP contribution in [0.4, 0.5) is 5.13 Å². The van der Waals surface area contributed by atoms with E-state index in [-0.39, 0.29) is 29.5 Å². The van der Waals surface area contributed by atoms with Crippen LogP contribution in [-0.2, 0) is 21.2 Å². The first-order valence-corrected chi connectivity index (χ1v) is 12.3. The van der Waals surface area contributed by atoms with Crippen LogP contribution < -0.4 is 4.90 Å². The Morgan fingerprint density at radius 3 is 2.58 bits per heavy atom. The van der Waals surface area contributed by atoms with E-state index in [4.69, 9.17) is 4.42 Å². The van der Waals surface area contributed by atoms with Crippen molar-refractivity contribution in [2.75, 3.05) is 10.7 Å². The molecule has 2 aromatic carbocycles. The third kappa shape index (κ3) is 4.70. The Kier molecular flexibility index (Phi) is 5.93. The maximum Gasteiger partial charge on any atom is 0.230 e. The van der Waals surface area contributed by atoms with Crippen molar-refractivity contribution < 1.29 is 17.6 Å². The van der Waals surface area contributed by atoms with Crippen molar-refractivity contribution in [1.82, 2.24) is 4.98 Å². The maximum atomic E-state index is 13.2. The van der Waals surface area contributed by atoms with Crippen LogP contribution in [-0.4, -0.2) is 25.1 Å². The smallest absolute Gasteiger partial charge is 0.230 e. The molecule has 160 valence electrons. The number of aryl methyl sites for hydroxylation is 2. The molecule has 0 aliphatic heterocycles. The highest BCUT2D eigenvalue weighted by Crippen LogP contribution is 2.33. The van der Waals surface area contributed by atoms with Crippen LogP contribution in [0.25, 0.3) is 10.2 Å². The molecular weight excluding hydrogens is 432 g/mol. The summed E-state index contributed by atoms with van der Waals surface area (Å²) in [6.45, 7) is 4.21. The monoisotopic (exact) mass is 454 g/mol. The topological polar surface area (TPSA) is 80.5 Å². The van der Waals surface area contributed by atoms with Gasteiger partial charge in [-0.3, -0.25) is 9.69 Å². The lowest BCUT2D eigenvalue weighted by Crippen LogP contribution is -2.31. The van der Waals surface area contributed by atoms with Gasteiger partial charge in [-0.2, -0.15) is 0 Å². The summed E-state index contributed by atoms with van der Waals surface area (Å²) in [6.07, 6.45) is 1.40. The second kappa shape index (κ2) is 8.64. The molecule has 1 amide bonds. The van der Waals surface area contributed by atoms with Crippen molar-refractivity contribution in [3.63, 3.8) is 0 Å². The zero-order chi connectivity index (χ0) is 22.0. The molecule has 6 nitrogen and oxygen atoms in total. The maximum absolute atomic E-state index is 13.2. The molecule has 0 aliphatic carbocycles. The summed E-state index contributed by atoms with van der Waals surface area (Å²) in [4.78, 5) is 19.6. The van der Waals surface area contributed by atoms with Crippen molar-refractivity contribution in [2.24, 2.45) is 0 Å². The lowest BCUT2D eigenvalue weighted by molar-refractivity contribution is -0.118. The molecule has 0 spiro atoms. The first kappa shape index (κ1) is 21.3. The van der Waals surface area contributed by atoms with Gasteiger partial charge in [0, 0.05) is 6.42 Å². The number of aromatic nitrogens is 1. The summed E-state index contributed by atoms with van der Waals surface area (Å²) >= 11 is 1.42. The lowest BCUT2D eigenvalue weighted by atomic mass is 10.1. The third-order valence-electron chi connectivity index (χ3n) is 4.92. The zero-order valence-corrected chi connectivity index (χ0v) is 18.9. The predicted octanol–water partition coefficient (Wildman–Crippen LogP) is 4.90. The Balaban J connectivity index is 1.62. The van der Waals surface area contributed by atoms with Crippen LogP contribution in [0.2, 0.25) is 0 Å². The van der Waals surface area contributed by atoms with Crippen LogP contribution >= 0.6 is 11.3 Å². The summed E-state index contributed by atoms with van der Waals surface area (Å²) in [5, 5.41) is 0.530. The number of rotatable bonds is 7. The van der Waals surface area contributed by atoms with E-state index in [0.29, 0.717) is 10.9 Å². The van der Waals surface area contributed by atoms with Crippen molar-refractivity contribution in [3.05, 3.63) is 77.7 Å². The van der Waals surface area contributed by atoms with Gasteiger partial charge in [0.05, 0.1) is 33.7 Å². The average Bonchev–Trinajstić information content (AvgIpc) is 3.40. The second-order valence-electron chi connectivity index (χ2n) is 7.37. The SMILES string of the molecule is Cc1cc(C)c2sc(N(Cc3ccco3)C(=O)CCS(=O)(=O)c3ccccc3)nc2c1. The molecule has 2 aromatic heterocycles. The van der Waals surface area contributed by atoms with Crippen molar-refractivity contribution in [2.45, 2.75) is 31.7 Å². The Bertz CT molecular complexity index is 1310. The Morgan fingerprint density at radius 1 is 1.10 bits per heavy atom. The second-order valence-corrected chi connectivity index (χ2v) is 10.5. The van der Waals surface area contributed by atoms with Crippen LogP contribution in [0, 0.1) is 13.8 Å². The van der Waals surface area contributed by atoms with Crippen LogP contribution in [0.1, 0.15) is 23.3 Å². The molecule has 0 fully saturated rings. The number of thiazole rings is 1. The van der Waals surface area contributed by atoms with Gasteiger partial charge in [-0.25, -0.2) is 13.4 Å². The number of anilines is 1. The van der Waals surface area contributed by atoms with Gasteiger partial charge in [0.1, 0.15) is 5.76 Å². The molecule has 8 heteroatoms. The van der Waals surface area contributed by atoms with E-state index < -0.39 is 9.84 Å². The Morgan fingerprint density at radius 2 is 1.87 bits per heavy atom. The van der Waals surface area contributed by atoms with E-state index in [1.165, 1.54) is 16.2 Å². The number of hydrogen-bond donors (Lipinski definition) is 0. The molecule has 0 bridgehead atoms. The molecular formula is C23H22N2O4S2. The van der Waals surface area contributed by atoms with E-state index >= 15 is 0 Å². The summed E-state index contributed by atoms with van der Waals surface area (Å²) in [6, 6.07) is 15.8. The number of carbonyl (C=O) groups excluding carboxylic acids is 1. The fourth-order valence-corrected chi connectivity index (χ4v) is 5.69. The minimum absolute atomic E-state index is 0.147. The molecule has 0 aliphatic rings. The number of benzene rings is 2. The lowest BCUT2D eigenvalue weighted by Gasteiger charge is -2.18. The highest BCUT2D eigenvalue weighted by Gasteiger charge is 2.24. The van der Waals surface area contributed by atoms with E-state index in [1.54, 1.807) is 48.7 Å². The van der Waals surface area contributed by atoms with Crippen LogP contribution in [0.5, 0.6) is 0 Å². The van der Waals surface area contributed by atoms with Gasteiger partial charge in [0.2, 0.25) is 5.91 Å². The predicted molar refractivity (Wildman–Crippen MR) is 122 cm³/mol.